The van der Waals surface area contributed by atoms with E-state index in [0.717, 1.165) is 5.56 Å². The van der Waals surface area contributed by atoms with Crippen LogP contribution in [0.2, 0.25) is 0 Å². The molecule has 3 aromatic carbocycles. The average Bonchev–Trinajstić information content (AvgIpc) is 2.84. The molecule has 1 aromatic heterocycles. The number of phenolic OH excluding ortho intramolecular Hbond substituents is 1. The van der Waals surface area contributed by atoms with Gasteiger partial charge in [-0.3, -0.25) is 0 Å². The van der Waals surface area contributed by atoms with Crippen LogP contribution in [0, 0.1) is 0 Å². The summed E-state index contributed by atoms with van der Waals surface area (Å²) in [5, 5.41) is 10.6. The van der Waals surface area contributed by atoms with Crippen LogP contribution in [0.1, 0.15) is 10.4 Å². The number of phenols is 1. The van der Waals surface area contributed by atoms with Crippen LogP contribution in [0.15, 0.2) is 72.8 Å². The lowest BCUT2D eigenvalue weighted by molar-refractivity contribution is 0.0600. The smallest absolute Gasteiger partial charge is 0.337 e. The first kappa shape index (κ1) is 20.0. The van der Waals surface area contributed by atoms with Crippen LogP contribution in [0.3, 0.4) is 0 Å². The topological polar surface area (TPSA) is 94.4 Å². The standard InChI is InChI=1S/C24H19N3O4/c1-30-19-10-6-9-18(20(19)28)23-26-21(15-7-4-3-5-8-15)25-22(27-23)16-11-13-17(14-12-16)24(29)31-2/h3-14,28H,1-2H3. The summed E-state index contributed by atoms with van der Waals surface area (Å²) in [6, 6.07) is 21.4. The first-order chi connectivity index (χ1) is 15.1. The number of carbonyl (C=O) groups excluding carboxylic acids is 1. The summed E-state index contributed by atoms with van der Waals surface area (Å²) < 4.78 is 9.97. The molecule has 0 spiro atoms. The van der Waals surface area contributed by atoms with Gasteiger partial charge < -0.3 is 14.6 Å². The normalized spacial score (nSPS) is 10.5. The summed E-state index contributed by atoms with van der Waals surface area (Å²) in [6.45, 7) is 0. The molecule has 0 bridgehead atoms. The van der Waals surface area contributed by atoms with E-state index in [9.17, 15) is 9.90 Å². The molecule has 0 atom stereocenters. The van der Waals surface area contributed by atoms with Crippen molar-refractivity contribution in [1.29, 1.82) is 0 Å². The lowest BCUT2D eigenvalue weighted by atomic mass is 10.1. The lowest BCUT2D eigenvalue weighted by Crippen LogP contribution is -2.02. The molecule has 1 heterocycles. The highest BCUT2D eigenvalue weighted by molar-refractivity contribution is 5.89. The molecule has 31 heavy (non-hydrogen) atoms. The second-order valence-electron chi connectivity index (χ2n) is 6.60. The number of benzene rings is 3. The van der Waals surface area contributed by atoms with Crippen molar-refractivity contribution in [1.82, 2.24) is 15.0 Å². The third-order valence-electron chi connectivity index (χ3n) is 4.69. The average molecular weight is 413 g/mol. The van der Waals surface area contributed by atoms with E-state index in [1.807, 2.05) is 30.3 Å². The van der Waals surface area contributed by atoms with E-state index in [0.29, 0.717) is 39.9 Å². The van der Waals surface area contributed by atoms with E-state index < -0.39 is 5.97 Å². The lowest BCUT2D eigenvalue weighted by Gasteiger charge is -2.11. The molecule has 0 amide bonds. The molecule has 0 aliphatic carbocycles. The zero-order valence-corrected chi connectivity index (χ0v) is 16.9. The molecular formula is C24H19N3O4. The fourth-order valence-electron chi connectivity index (χ4n) is 3.08. The summed E-state index contributed by atoms with van der Waals surface area (Å²) in [5.41, 5.74) is 2.34. The van der Waals surface area contributed by atoms with Crippen LogP contribution in [0.4, 0.5) is 0 Å². The molecule has 0 unspecified atom stereocenters. The summed E-state index contributed by atoms with van der Waals surface area (Å²) in [6.07, 6.45) is 0. The zero-order valence-electron chi connectivity index (χ0n) is 16.9. The van der Waals surface area contributed by atoms with Crippen LogP contribution in [0.25, 0.3) is 34.2 Å². The van der Waals surface area contributed by atoms with Gasteiger partial charge in [-0.1, -0.05) is 48.5 Å². The number of methoxy groups -OCH3 is 2. The van der Waals surface area contributed by atoms with Crippen molar-refractivity contribution in [3.05, 3.63) is 78.4 Å². The molecule has 7 heteroatoms. The van der Waals surface area contributed by atoms with Crippen molar-refractivity contribution >= 4 is 5.97 Å². The Labute approximate surface area is 179 Å². The van der Waals surface area contributed by atoms with Gasteiger partial charge in [-0.05, 0) is 24.3 Å². The first-order valence-corrected chi connectivity index (χ1v) is 9.47. The van der Waals surface area contributed by atoms with Crippen molar-refractivity contribution in [2.24, 2.45) is 0 Å². The summed E-state index contributed by atoms with van der Waals surface area (Å²) in [7, 11) is 2.82. The number of ether oxygens (including phenoxy) is 2. The van der Waals surface area contributed by atoms with Gasteiger partial charge in [-0.15, -0.1) is 0 Å². The van der Waals surface area contributed by atoms with Gasteiger partial charge in [0.2, 0.25) is 0 Å². The van der Waals surface area contributed by atoms with E-state index in [1.54, 1.807) is 42.5 Å². The molecule has 0 aliphatic rings. The van der Waals surface area contributed by atoms with E-state index in [2.05, 4.69) is 15.0 Å². The fraction of sp³-hybridized carbons (Fsp3) is 0.0833. The van der Waals surface area contributed by atoms with Crippen LogP contribution in [0.5, 0.6) is 11.5 Å². The monoisotopic (exact) mass is 413 g/mol. The molecule has 0 saturated carbocycles. The van der Waals surface area contributed by atoms with Gasteiger partial charge in [0.25, 0.3) is 0 Å². The van der Waals surface area contributed by atoms with E-state index in [1.165, 1.54) is 14.2 Å². The van der Waals surface area contributed by atoms with Crippen LogP contribution >= 0.6 is 0 Å². The fourth-order valence-corrected chi connectivity index (χ4v) is 3.08. The number of aromatic hydroxyl groups is 1. The van der Waals surface area contributed by atoms with Crippen molar-refractivity contribution < 1.29 is 19.4 Å². The van der Waals surface area contributed by atoms with E-state index >= 15 is 0 Å². The highest BCUT2D eigenvalue weighted by Crippen LogP contribution is 2.36. The minimum atomic E-state index is -0.422. The van der Waals surface area contributed by atoms with Gasteiger partial charge in [-0.2, -0.15) is 0 Å². The Morgan fingerprint density at radius 1 is 0.742 bits per heavy atom. The van der Waals surface area contributed by atoms with Gasteiger partial charge in [0.1, 0.15) is 0 Å². The summed E-state index contributed by atoms with van der Waals surface area (Å²) >= 11 is 0. The third kappa shape index (κ3) is 4.06. The molecule has 7 nitrogen and oxygen atoms in total. The molecule has 4 rings (SSSR count). The quantitative estimate of drug-likeness (QED) is 0.485. The first-order valence-electron chi connectivity index (χ1n) is 9.47. The number of para-hydroxylation sites is 1. The Morgan fingerprint density at radius 3 is 1.97 bits per heavy atom. The number of carbonyl (C=O) groups is 1. The van der Waals surface area contributed by atoms with Gasteiger partial charge in [0, 0.05) is 11.1 Å². The Bertz CT molecular complexity index is 1230. The molecule has 0 saturated heterocycles. The molecule has 0 radical (unpaired) electrons. The Hall–Kier alpha value is -4.26. The zero-order chi connectivity index (χ0) is 21.8. The number of nitrogens with zero attached hydrogens (tertiary/aromatic N) is 3. The predicted molar refractivity (Wildman–Crippen MR) is 116 cm³/mol. The number of hydrogen-bond donors (Lipinski definition) is 1. The number of aromatic nitrogens is 3. The highest BCUT2D eigenvalue weighted by Gasteiger charge is 2.17. The van der Waals surface area contributed by atoms with E-state index in [-0.39, 0.29) is 5.75 Å². The molecule has 0 fully saturated rings. The minimum Gasteiger partial charge on any atom is -0.504 e. The summed E-state index contributed by atoms with van der Waals surface area (Å²) in [4.78, 5) is 25.5. The number of hydrogen-bond acceptors (Lipinski definition) is 7. The molecule has 4 aromatic rings. The third-order valence-corrected chi connectivity index (χ3v) is 4.69. The van der Waals surface area contributed by atoms with Crippen molar-refractivity contribution in [2.45, 2.75) is 0 Å². The van der Waals surface area contributed by atoms with E-state index in [4.69, 9.17) is 9.47 Å². The molecular weight excluding hydrogens is 394 g/mol. The maximum Gasteiger partial charge on any atom is 0.337 e. The van der Waals surface area contributed by atoms with Crippen molar-refractivity contribution in [3.63, 3.8) is 0 Å². The number of rotatable bonds is 5. The largest absolute Gasteiger partial charge is 0.504 e. The second-order valence-corrected chi connectivity index (χ2v) is 6.60. The second kappa shape index (κ2) is 8.62. The Balaban J connectivity index is 1.88. The summed E-state index contributed by atoms with van der Waals surface area (Å²) in [5.74, 6) is 1.01. The maximum atomic E-state index is 11.7. The van der Waals surface area contributed by atoms with Crippen molar-refractivity contribution in [2.75, 3.05) is 14.2 Å². The highest BCUT2D eigenvalue weighted by atomic mass is 16.5. The van der Waals surface area contributed by atoms with Crippen LogP contribution < -0.4 is 4.74 Å². The van der Waals surface area contributed by atoms with Gasteiger partial charge >= 0.3 is 5.97 Å². The van der Waals surface area contributed by atoms with Gasteiger partial charge in [0.05, 0.1) is 25.3 Å². The Kier molecular flexibility index (Phi) is 5.57. The van der Waals surface area contributed by atoms with Crippen molar-refractivity contribution in [3.8, 4) is 45.7 Å². The predicted octanol–water partition coefficient (Wildman–Crippen LogP) is 4.37. The maximum absolute atomic E-state index is 11.7. The molecule has 154 valence electrons. The SMILES string of the molecule is COC(=O)c1ccc(-c2nc(-c3ccccc3)nc(-c3cccc(OC)c3O)n2)cc1. The van der Waals surface area contributed by atoms with Crippen LogP contribution in [-0.2, 0) is 4.74 Å². The molecule has 1 N–H and O–H groups in total. The van der Waals surface area contributed by atoms with Crippen LogP contribution in [-0.4, -0.2) is 40.2 Å². The Morgan fingerprint density at radius 2 is 1.35 bits per heavy atom. The van der Waals surface area contributed by atoms with Gasteiger partial charge in [-0.25, -0.2) is 19.7 Å². The molecule has 0 aliphatic heterocycles. The number of esters is 1. The van der Waals surface area contributed by atoms with Gasteiger partial charge in [0.15, 0.2) is 29.0 Å². The minimum absolute atomic E-state index is 0.0535.